The molecule has 1 aromatic carbocycles. The maximum absolute atomic E-state index is 6.62. The first-order valence-corrected chi connectivity index (χ1v) is 7.01. The molecule has 0 fully saturated rings. The molecule has 0 aliphatic heterocycles. The van der Waals surface area contributed by atoms with Gasteiger partial charge in [-0.25, -0.2) is 0 Å². The third-order valence-corrected chi connectivity index (χ3v) is 4.10. The van der Waals surface area contributed by atoms with Crippen molar-refractivity contribution in [3.05, 3.63) is 29.3 Å². The van der Waals surface area contributed by atoms with Crippen LogP contribution in [0.1, 0.15) is 50.7 Å². The number of methoxy groups -OCH3 is 1. The fourth-order valence-electron chi connectivity index (χ4n) is 2.94. The lowest BCUT2D eigenvalue weighted by atomic mass is 9.86. The molecule has 2 N–H and O–H groups in total. The van der Waals surface area contributed by atoms with E-state index in [-0.39, 0.29) is 5.54 Å². The minimum absolute atomic E-state index is 0.126. The van der Waals surface area contributed by atoms with Crippen molar-refractivity contribution in [2.75, 3.05) is 7.11 Å². The largest absolute Gasteiger partial charge is 0.497 e. The molecule has 0 spiro atoms. The Bertz CT molecular complexity index is 414. The van der Waals surface area contributed by atoms with Crippen molar-refractivity contribution in [2.24, 2.45) is 11.7 Å². The van der Waals surface area contributed by atoms with Crippen LogP contribution >= 0.6 is 0 Å². The minimum Gasteiger partial charge on any atom is -0.497 e. The molecular formula is C16H25NO. The topological polar surface area (TPSA) is 35.2 Å². The standard InChI is InChI=1S/C16H25NO/c1-12(2)5-4-9-16(17)10-8-13-6-7-14(18-3)11-15(13)16/h6-7,11-12H,4-5,8-10,17H2,1-3H3. The van der Waals surface area contributed by atoms with E-state index in [2.05, 4.69) is 26.0 Å². The van der Waals surface area contributed by atoms with Crippen molar-refractivity contribution in [3.63, 3.8) is 0 Å². The zero-order valence-electron chi connectivity index (χ0n) is 11.8. The van der Waals surface area contributed by atoms with Gasteiger partial charge in [-0.2, -0.15) is 0 Å². The van der Waals surface area contributed by atoms with Gasteiger partial charge in [0.15, 0.2) is 0 Å². The third kappa shape index (κ3) is 2.69. The molecule has 1 aliphatic rings. The summed E-state index contributed by atoms with van der Waals surface area (Å²) in [6, 6.07) is 6.35. The molecule has 0 aromatic heterocycles. The number of hydrogen-bond donors (Lipinski definition) is 1. The molecule has 0 amide bonds. The van der Waals surface area contributed by atoms with E-state index in [4.69, 9.17) is 10.5 Å². The molecule has 0 saturated heterocycles. The second-order valence-electron chi connectivity index (χ2n) is 5.97. The van der Waals surface area contributed by atoms with E-state index < -0.39 is 0 Å². The molecule has 100 valence electrons. The van der Waals surface area contributed by atoms with Crippen LogP contribution in [-0.4, -0.2) is 7.11 Å². The van der Waals surface area contributed by atoms with Crippen LogP contribution in [0.15, 0.2) is 18.2 Å². The summed E-state index contributed by atoms with van der Waals surface area (Å²) in [6.07, 6.45) is 5.75. The SMILES string of the molecule is COc1ccc2c(c1)C(N)(CCCC(C)C)CC2. The number of hydrogen-bond acceptors (Lipinski definition) is 2. The average molecular weight is 247 g/mol. The predicted molar refractivity (Wildman–Crippen MR) is 75.9 cm³/mol. The highest BCUT2D eigenvalue weighted by atomic mass is 16.5. The van der Waals surface area contributed by atoms with E-state index >= 15 is 0 Å². The van der Waals surface area contributed by atoms with Gasteiger partial charge in [-0.05, 0) is 48.4 Å². The summed E-state index contributed by atoms with van der Waals surface area (Å²) in [5.74, 6) is 1.69. The first kappa shape index (κ1) is 13.4. The molecule has 2 rings (SSSR count). The number of ether oxygens (including phenoxy) is 1. The number of benzene rings is 1. The molecule has 0 saturated carbocycles. The normalized spacial score (nSPS) is 22.3. The maximum atomic E-state index is 6.62. The first-order chi connectivity index (χ1) is 8.55. The van der Waals surface area contributed by atoms with E-state index in [1.807, 2.05) is 6.07 Å². The van der Waals surface area contributed by atoms with E-state index in [9.17, 15) is 0 Å². The smallest absolute Gasteiger partial charge is 0.119 e. The summed E-state index contributed by atoms with van der Waals surface area (Å²) >= 11 is 0. The molecule has 1 atom stereocenters. The molecule has 18 heavy (non-hydrogen) atoms. The number of aryl methyl sites for hydroxylation is 1. The fraction of sp³-hybridized carbons (Fsp3) is 0.625. The Morgan fingerprint density at radius 1 is 1.39 bits per heavy atom. The number of rotatable bonds is 5. The summed E-state index contributed by atoms with van der Waals surface area (Å²) in [6.45, 7) is 4.55. The van der Waals surface area contributed by atoms with Gasteiger partial charge in [0.1, 0.15) is 5.75 Å². The Labute approximate surface area is 111 Å². The van der Waals surface area contributed by atoms with Gasteiger partial charge in [-0.3, -0.25) is 0 Å². The summed E-state index contributed by atoms with van der Waals surface area (Å²) in [5, 5.41) is 0. The van der Waals surface area contributed by atoms with Gasteiger partial charge in [0.05, 0.1) is 7.11 Å². The van der Waals surface area contributed by atoms with Gasteiger partial charge in [0.2, 0.25) is 0 Å². The molecule has 1 unspecified atom stereocenters. The van der Waals surface area contributed by atoms with Crippen molar-refractivity contribution in [2.45, 2.75) is 51.5 Å². The van der Waals surface area contributed by atoms with Crippen molar-refractivity contribution in [3.8, 4) is 5.75 Å². The molecule has 0 heterocycles. The lowest BCUT2D eigenvalue weighted by Gasteiger charge is -2.26. The van der Waals surface area contributed by atoms with Crippen molar-refractivity contribution in [1.82, 2.24) is 0 Å². The van der Waals surface area contributed by atoms with Crippen LogP contribution in [0.2, 0.25) is 0 Å². The summed E-state index contributed by atoms with van der Waals surface area (Å²) in [5.41, 5.74) is 9.21. The van der Waals surface area contributed by atoms with E-state index in [0.717, 1.165) is 30.9 Å². The van der Waals surface area contributed by atoms with Crippen LogP contribution in [-0.2, 0) is 12.0 Å². The predicted octanol–water partition coefficient (Wildman–Crippen LogP) is 3.62. The van der Waals surface area contributed by atoms with Crippen molar-refractivity contribution in [1.29, 1.82) is 0 Å². The highest BCUT2D eigenvalue weighted by Crippen LogP contribution is 2.40. The number of fused-ring (bicyclic) bond motifs is 1. The zero-order chi connectivity index (χ0) is 13.2. The van der Waals surface area contributed by atoms with E-state index in [0.29, 0.717) is 0 Å². The van der Waals surface area contributed by atoms with E-state index in [1.54, 1.807) is 7.11 Å². The van der Waals surface area contributed by atoms with Crippen LogP contribution in [0.4, 0.5) is 0 Å². The third-order valence-electron chi connectivity index (χ3n) is 4.10. The second-order valence-corrected chi connectivity index (χ2v) is 5.97. The molecule has 0 bridgehead atoms. The Morgan fingerprint density at radius 2 is 2.17 bits per heavy atom. The quantitative estimate of drug-likeness (QED) is 0.862. The molecule has 1 aromatic rings. The second kappa shape index (κ2) is 5.31. The Morgan fingerprint density at radius 3 is 2.83 bits per heavy atom. The van der Waals surface area contributed by atoms with Gasteiger partial charge in [0.25, 0.3) is 0 Å². The Balaban J connectivity index is 2.12. The maximum Gasteiger partial charge on any atom is 0.119 e. The van der Waals surface area contributed by atoms with Crippen LogP contribution in [0.5, 0.6) is 5.75 Å². The van der Waals surface area contributed by atoms with Gasteiger partial charge in [-0.15, -0.1) is 0 Å². The van der Waals surface area contributed by atoms with Crippen LogP contribution in [0, 0.1) is 5.92 Å². The molecule has 2 nitrogen and oxygen atoms in total. The molecular weight excluding hydrogens is 222 g/mol. The lowest BCUT2D eigenvalue weighted by molar-refractivity contribution is 0.370. The van der Waals surface area contributed by atoms with Crippen LogP contribution < -0.4 is 10.5 Å². The first-order valence-electron chi connectivity index (χ1n) is 7.01. The minimum atomic E-state index is -0.126. The molecule has 2 heteroatoms. The Hall–Kier alpha value is -1.02. The molecule has 0 radical (unpaired) electrons. The monoisotopic (exact) mass is 247 g/mol. The molecule has 1 aliphatic carbocycles. The van der Waals surface area contributed by atoms with E-state index in [1.165, 1.54) is 24.0 Å². The van der Waals surface area contributed by atoms with Gasteiger partial charge >= 0.3 is 0 Å². The van der Waals surface area contributed by atoms with Crippen molar-refractivity contribution < 1.29 is 4.74 Å². The van der Waals surface area contributed by atoms with Gasteiger partial charge in [-0.1, -0.05) is 32.8 Å². The van der Waals surface area contributed by atoms with Crippen LogP contribution in [0.3, 0.4) is 0 Å². The fourth-order valence-corrected chi connectivity index (χ4v) is 2.94. The number of nitrogens with two attached hydrogens (primary N) is 1. The zero-order valence-corrected chi connectivity index (χ0v) is 11.8. The van der Waals surface area contributed by atoms with Crippen LogP contribution in [0.25, 0.3) is 0 Å². The summed E-state index contributed by atoms with van der Waals surface area (Å²) in [4.78, 5) is 0. The van der Waals surface area contributed by atoms with Gasteiger partial charge < -0.3 is 10.5 Å². The highest BCUT2D eigenvalue weighted by Gasteiger charge is 2.34. The van der Waals surface area contributed by atoms with Crippen molar-refractivity contribution >= 4 is 0 Å². The highest BCUT2D eigenvalue weighted by molar-refractivity contribution is 5.43. The Kier molecular flexibility index (Phi) is 3.96. The van der Waals surface area contributed by atoms with Gasteiger partial charge in [0, 0.05) is 5.54 Å². The summed E-state index contributed by atoms with van der Waals surface area (Å²) < 4.78 is 5.32. The average Bonchev–Trinajstić information content (AvgIpc) is 2.66. The summed E-state index contributed by atoms with van der Waals surface area (Å²) in [7, 11) is 1.72. The lowest BCUT2D eigenvalue weighted by Crippen LogP contribution is -2.34.